The van der Waals surface area contributed by atoms with Crippen LogP contribution in [0.1, 0.15) is 31.3 Å². The topological polar surface area (TPSA) is 41.3 Å². The minimum Gasteiger partial charge on any atom is -0.396 e. The van der Waals surface area contributed by atoms with Gasteiger partial charge in [0.2, 0.25) is 0 Å². The van der Waals surface area contributed by atoms with Gasteiger partial charge >= 0.3 is 0 Å². The molecule has 2 aliphatic rings. The number of aliphatic hydroxyl groups is 1. The Morgan fingerprint density at radius 1 is 1.32 bits per heavy atom. The smallest absolute Gasteiger partial charge is 0.108 e. The summed E-state index contributed by atoms with van der Waals surface area (Å²) in [6, 6.07) is 0. The van der Waals surface area contributed by atoms with Crippen LogP contribution in [-0.4, -0.2) is 45.8 Å². The first kappa shape index (κ1) is 13.1. The molecule has 0 spiro atoms. The molecule has 19 heavy (non-hydrogen) atoms. The summed E-state index contributed by atoms with van der Waals surface area (Å²) in [4.78, 5) is 7.33. The van der Waals surface area contributed by atoms with Crippen LogP contribution in [0.2, 0.25) is 0 Å². The van der Waals surface area contributed by atoms with E-state index in [-0.39, 0.29) is 0 Å². The van der Waals surface area contributed by atoms with Crippen LogP contribution in [0.25, 0.3) is 0 Å². The molecule has 0 aliphatic carbocycles. The van der Waals surface area contributed by atoms with E-state index >= 15 is 0 Å². The Hall–Kier alpha value is -0.870. The number of nitrogens with zero attached hydrogens (tertiary/aromatic N) is 3. The minimum atomic E-state index is 0.307. The number of aliphatic hydroxyl groups excluding tert-OH is 1. The average molecular weight is 263 g/mol. The highest BCUT2D eigenvalue weighted by Gasteiger charge is 2.24. The zero-order valence-electron chi connectivity index (χ0n) is 11.9. The van der Waals surface area contributed by atoms with Crippen molar-refractivity contribution in [1.82, 2.24) is 14.5 Å². The maximum atomic E-state index is 9.27. The van der Waals surface area contributed by atoms with Gasteiger partial charge in [0, 0.05) is 38.2 Å². The van der Waals surface area contributed by atoms with Crippen LogP contribution in [0.5, 0.6) is 0 Å². The van der Waals surface area contributed by atoms with E-state index in [9.17, 15) is 5.11 Å². The monoisotopic (exact) mass is 263 g/mol. The predicted octanol–water partition coefficient (Wildman–Crippen LogP) is 1.32. The van der Waals surface area contributed by atoms with Gasteiger partial charge in [-0.3, -0.25) is 0 Å². The van der Waals surface area contributed by atoms with Crippen LogP contribution in [0, 0.1) is 11.8 Å². The van der Waals surface area contributed by atoms with Crippen LogP contribution >= 0.6 is 0 Å². The van der Waals surface area contributed by atoms with Gasteiger partial charge in [-0.15, -0.1) is 0 Å². The summed E-state index contributed by atoms with van der Waals surface area (Å²) >= 11 is 0. The van der Waals surface area contributed by atoms with Gasteiger partial charge in [0.15, 0.2) is 0 Å². The molecule has 2 unspecified atom stereocenters. The van der Waals surface area contributed by atoms with Crippen LogP contribution in [0.4, 0.5) is 0 Å². The van der Waals surface area contributed by atoms with Crippen molar-refractivity contribution in [1.29, 1.82) is 0 Å². The Balaban J connectivity index is 1.62. The molecule has 2 atom stereocenters. The van der Waals surface area contributed by atoms with Crippen molar-refractivity contribution in [3.05, 3.63) is 17.7 Å². The molecule has 1 fully saturated rings. The molecule has 1 N–H and O–H groups in total. The second-order valence-corrected chi connectivity index (χ2v) is 6.14. The molecule has 2 aliphatic heterocycles. The molecule has 1 aromatic heterocycles. The second-order valence-electron chi connectivity index (χ2n) is 6.14. The van der Waals surface area contributed by atoms with E-state index in [4.69, 9.17) is 4.98 Å². The Labute approximate surface area is 115 Å². The third kappa shape index (κ3) is 2.84. The molecule has 4 nitrogen and oxygen atoms in total. The fraction of sp³-hybridized carbons (Fsp3) is 0.800. The zero-order chi connectivity index (χ0) is 13.2. The van der Waals surface area contributed by atoms with E-state index in [0.29, 0.717) is 12.5 Å². The number of hydrogen-bond donors (Lipinski definition) is 1. The molecular weight excluding hydrogens is 238 g/mol. The molecular formula is C15H25N3O. The summed E-state index contributed by atoms with van der Waals surface area (Å²) in [5.74, 6) is 2.44. The predicted molar refractivity (Wildman–Crippen MR) is 75.0 cm³/mol. The van der Waals surface area contributed by atoms with E-state index in [1.807, 2.05) is 0 Å². The van der Waals surface area contributed by atoms with Gasteiger partial charge in [0.1, 0.15) is 5.82 Å². The summed E-state index contributed by atoms with van der Waals surface area (Å²) in [5, 5.41) is 9.27. The van der Waals surface area contributed by atoms with Crippen LogP contribution in [0.3, 0.4) is 0 Å². The van der Waals surface area contributed by atoms with E-state index in [0.717, 1.165) is 31.7 Å². The number of fused-ring (bicyclic) bond motifs is 1. The molecule has 0 radical (unpaired) electrons. The summed E-state index contributed by atoms with van der Waals surface area (Å²) in [7, 11) is 0. The lowest BCUT2D eigenvalue weighted by Crippen LogP contribution is -2.22. The molecule has 1 saturated heterocycles. The number of hydrogen-bond acceptors (Lipinski definition) is 3. The number of aryl methyl sites for hydroxylation is 1. The first-order chi connectivity index (χ1) is 9.28. The largest absolute Gasteiger partial charge is 0.396 e. The third-order valence-corrected chi connectivity index (χ3v) is 4.71. The molecule has 3 heterocycles. The zero-order valence-corrected chi connectivity index (χ0v) is 11.9. The summed E-state index contributed by atoms with van der Waals surface area (Å²) in [6.45, 7) is 7.16. The van der Waals surface area contributed by atoms with Crippen molar-refractivity contribution in [3.8, 4) is 0 Å². The molecule has 4 heteroatoms. The fourth-order valence-corrected chi connectivity index (χ4v) is 3.48. The summed E-state index contributed by atoms with van der Waals surface area (Å²) < 4.78 is 2.27. The lowest BCUT2D eigenvalue weighted by Gasteiger charge is -2.21. The Morgan fingerprint density at radius 2 is 2.21 bits per heavy atom. The normalized spacial score (nSPS) is 27.7. The van der Waals surface area contributed by atoms with Crippen LogP contribution in [0.15, 0.2) is 6.20 Å². The Bertz CT molecular complexity index is 429. The Kier molecular flexibility index (Phi) is 3.89. The summed E-state index contributed by atoms with van der Waals surface area (Å²) in [5.41, 5.74) is 1.26. The van der Waals surface area contributed by atoms with Gasteiger partial charge in [-0.2, -0.15) is 0 Å². The van der Waals surface area contributed by atoms with Gasteiger partial charge in [-0.25, -0.2) is 4.98 Å². The van der Waals surface area contributed by atoms with Crippen molar-refractivity contribution >= 4 is 0 Å². The standard InChI is InChI=1S/C15H25N3O/c1-2-17-6-5-12(8-17)7-14-10-18-9-13(11-19)3-4-15(18)16-14/h10,12-13,19H,2-9,11H2,1H3. The number of rotatable bonds is 4. The van der Waals surface area contributed by atoms with E-state index in [2.05, 4.69) is 22.6 Å². The van der Waals surface area contributed by atoms with Crippen molar-refractivity contribution in [2.24, 2.45) is 11.8 Å². The first-order valence-electron chi connectivity index (χ1n) is 7.66. The fourth-order valence-electron chi connectivity index (χ4n) is 3.48. The second kappa shape index (κ2) is 5.63. The van der Waals surface area contributed by atoms with Gasteiger partial charge in [0.25, 0.3) is 0 Å². The number of imidazole rings is 1. The lowest BCUT2D eigenvalue weighted by molar-refractivity contribution is 0.190. The van der Waals surface area contributed by atoms with Crippen molar-refractivity contribution in [3.63, 3.8) is 0 Å². The highest BCUT2D eigenvalue weighted by atomic mass is 16.3. The van der Waals surface area contributed by atoms with E-state index in [1.165, 1.54) is 37.6 Å². The molecule has 0 amide bonds. The molecule has 1 aromatic rings. The quantitative estimate of drug-likeness (QED) is 0.891. The summed E-state index contributed by atoms with van der Waals surface area (Å²) in [6.07, 6.45) is 6.78. The molecule has 0 saturated carbocycles. The van der Waals surface area contributed by atoms with Gasteiger partial charge < -0.3 is 14.6 Å². The maximum absolute atomic E-state index is 9.27. The van der Waals surface area contributed by atoms with Crippen molar-refractivity contribution < 1.29 is 5.11 Å². The number of likely N-dealkylation sites (tertiary alicyclic amines) is 1. The van der Waals surface area contributed by atoms with Crippen molar-refractivity contribution in [2.75, 3.05) is 26.2 Å². The van der Waals surface area contributed by atoms with Gasteiger partial charge in [0.05, 0.1) is 5.69 Å². The van der Waals surface area contributed by atoms with Gasteiger partial charge in [-0.1, -0.05) is 6.92 Å². The third-order valence-electron chi connectivity index (χ3n) is 4.71. The molecule has 0 bridgehead atoms. The minimum absolute atomic E-state index is 0.307. The van der Waals surface area contributed by atoms with Crippen molar-refractivity contribution in [2.45, 2.75) is 39.2 Å². The first-order valence-corrected chi connectivity index (χ1v) is 7.66. The van der Waals surface area contributed by atoms with Gasteiger partial charge in [-0.05, 0) is 38.3 Å². The van der Waals surface area contributed by atoms with Crippen LogP contribution < -0.4 is 0 Å². The molecule has 106 valence electrons. The van der Waals surface area contributed by atoms with E-state index < -0.39 is 0 Å². The maximum Gasteiger partial charge on any atom is 0.108 e. The van der Waals surface area contributed by atoms with E-state index in [1.54, 1.807) is 0 Å². The van der Waals surface area contributed by atoms with Crippen LogP contribution in [-0.2, 0) is 19.4 Å². The Morgan fingerprint density at radius 3 is 2.95 bits per heavy atom. The lowest BCUT2D eigenvalue weighted by atomic mass is 10.0. The molecule has 0 aromatic carbocycles. The average Bonchev–Trinajstić information content (AvgIpc) is 3.03. The highest BCUT2D eigenvalue weighted by Crippen LogP contribution is 2.23. The highest BCUT2D eigenvalue weighted by molar-refractivity contribution is 5.08. The molecule has 3 rings (SSSR count). The SMILES string of the molecule is CCN1CCC(Cc2cn3c(n2)CCC(CO)C3)C1. The number of aromatic nitrogens is 2.